The van der Waals surface area contributed by atoms with E-state index in [1.165, 1.54) is 0 Å². The van der Waals surface area contributed by atoms with Gasteiger partial charge in [-0.1, -0.05) is 45.0 Å². The van der Waals surface area contributed by atoms with Crippen LogP contribution in [0.25, 0.3) is 0 Å². The van der Waals surface area contributed by atoms with Crippen molar-refractivity contribution in [3.8, 4) is 0 Å². The van der Waals surface area contributed by atoms with Gasteiger partial charge < -0.3 is 0 Å². The molecule has 0 fully saturated rings. The highest BCUT2D eigenvalue weighted by molar-refractivity contribution is 5.37. The Hall–Kier alpha value is -0.920. The first-order valence-corrected chi connectivity index (χ1v) is 5.33. The molecule has 0 heterocycles. The van der Waals surface area contributed by atoms with Crippen LogP contribution in [0.1, 0.15) is 44.2 Å². The predicted octanol–water partition coefficient (Wildman–Crippen LogP) is 4.31. The fourth-order valence-electron chi connectivity index (χ4n) is 2.58. The van der Waals surface area contributed by atoms with Crippen molar-refractivity contribution in [2.45, 2.75) is 39.0 Å². The highest BCUT2D eigenvalue weighted by Gasteiger charge is 2.52. The van der Waals surface area contributed by atoms with E-state index in [2.05, 4.69) is 0 Å². The number of halogens is 2. The van der Waals surface area contributed by atoms with Gasteiger partial charge in [-0.25, -0.2) is 8.78 Å². The Labute approximate surface area is 89.3 Å². The molecule has 0 spiro atoms. The molecule has 1 aliphatic rings. The molecule has 0 amide bonds. The maximum atomic E-state index is 14.1. The average Bonchev–Trinajstić information content (AvgIpc) is 2.15. The second-order valence-corrected chi connectivity index (χ2v) is 5.15. The summed E-state index contributed by atoms with van der Waals surface area (Å²) in [7, 11) is 0. The first kappa shape index (κ1) is 10.6. The number of hydrogen-bond acceptors (Lipinski definition) is 0. The molecule has 0 nitrogen and oxygen atoms in total. The highest BCUT2D eigenvalue weighted by Crippen LogP contribution is 2.55. The number of rotatable bonds is 0. The van der Waals surface area contributed by atoms with Gasteiger partial charge in [-0.15, -0.1) is 0 Å². The van der Waals surface area contributed by atoms with Crippen molar-refractivity contribution in [1.82, 2.24) is 0 Å². The van der Waals surface area contributed by atoms with Crippen molar-refractivity contribution >= 4 is 0 Å². The molecule has 0 aromatic heterocycles. The fraction of sp³-hybridized carbons (Fsp3) is 0.538. The van der Waals surface area contributed by atoms with E-state index in [1.54, 1.807) is 26.0 Å². The van der Waals surface area contributed by atoms with Gasteiger partial charge >= 0.3 is 0 Å². The van der Waals surface area contributed by atoms with Crippen molar-refractivity contribution in [3.63, 3.8) is 0 Å². The smallest absolute Gasteiger partial charge is 0.201 e. The molecule has 1 unspecified atom stereocenters. The Balaban J connectivity index is 2.63. The summed E-state index contributed by atoms with van der Waals surface area (Å²) in [5.74, 6) is -2.49. The molecule has 0 saturated heterocycles. The first-order valence-electron chi connectivity index (χ1n) is 5.33. The SMILES string of the molecule is CC1CC(C)(C)C(F)(F)c2ccccc21. The Bertz CT molecular complexity index is 380. The molecule has 1 aliphatic carbocycles. The van der Waals surface area contributed by atoms with Crippen LogP contribution < -0.4 is 0 Å². The molecule has 0 saturated carbocycles. The third-order valence-corrected chi connectivity index (χ3v) is 3.50. The second-order valence-electron chi connectivity index (χ2n) is 5.15. The fourth-order valence-corrected chi connectivity index (χ4v) is 2.58. The zero-order valence-electron chi connectivity index (χ0n) is 9.35. The zero-order chi connectivity index (χ0) is 11.3. The number of fused-ring (bicyclic) bond motifs is 1. The van der Waals surface area contributed by atoms with E-state index >= 15 is 0 Å². The molecule has 2 heteroatoms. The minimum Gasteiger partial charge on any atom is -0.201 e. The lowest BCUT2D eigenvalue weighted by molar-refractivity contribution is -0.127. The Morgan fingerprint density at radius 1 is 1.20 bits per heavy atom. The average molecular weight is 210 g/mol. The van der Waals surface area contributed by atoms with Crippen molar-refractivity contribution in [1.29, 1.82) is 0 Å². The lowest BCUT2D eigenvalue weighted by atomic mass is 9.67. The molecule has 1 aromatic rings. The molecule has 1 aromatic carbocycles. The maximum Gasteiger partial charge on any atom is 0.278 e. The van der Waals surface area contributed by atoms with E-state index in [4.69, 9.17) is 0 Å². The number of hydrogen-bond donors (Lipinski definition) is 0. The summed E-state index contributed by atoms with van der Waals surface area (Å²) in [4.78, 5) is 0. The van der Waals surface area contributed by atoms with Crippen molar-refractivity contribution < 1.29 is 8.78 Å². The molecular weight excluding hydrogens is 194 g/mol. The predicted molar refractivity (Wildman–Crippen MR) is 57.1 cm³/mol. The van der Waals surface area contributed by atoms with Gasteiger partial charge in [0.1, 0.15) is 0 Å². The van der Waals surface area contributed by atoms with Crippen LogP contribution in [0, 0.1) is 5.41 Å². The van der Waals surface area contributed by atoms with Gasteiger partial charge in [0, 0.05) is 11.0 Å². The Morgan fingerprint density at radius 3 is 2.47 bits per heavy atom. The molecule has 0 bridgehead atoms. The van der Waals surface area contributed by atoms with Crippen molar-refractivity contribution in [2.75, 3.05) is 0 Å². The van der Waals surface area contributed by atoms with Crippen LogP contribution in [0.2, 0.25) is 0 Å². The highest BCUT2D eigenvalue weighted by atomic mass is 19.3. The van der Waals surface area contributed by atoms with E-state index in [0.717, 1.165) is 5.56 Å². The molecule has 0 radical (unpaired) electrons. The van der Waals surface area contributed by atoms with Crippen molar-refractivity contribution in [3.05, 3.63) is 35.4 Å². The molecule has 0 aliphatic heterocycles. The minimum atomic E-state index is -2.71. The molecule has 1 atom stereocenters. The van der Waals surface area contributed by atoms with E-state index in [-0.39, 0.29) is 11.5 Å². The third kappa shape index (κ3) is 1.38. The Morgan fingerprint density at radius 2 is 1.80 bits per heavy atom. The first-order chi connectivity index (χ1) is 6.86. The zero-order valence-corrected chi connectivity index (χ0v) is 9.35. The lowest BCUT2D eigenvalue weighted by Gasteiger charge is -2.42. The Kier molecular flexibility index (Phi) is 2.14. The van der Waals surface area contributed by atoms with E-state index in [1.807, 2.05) is 19.1 Å². The summed E-state index contributed by atoms with van der Waals surface area (Å²) in [6.07, 6.45) is 0.539. The number of benzene rings is 1. The van der Waals surface area contributed by atoms with Crippen LogP contribution in [0.5, 0.6) is 0 Å². The van der Waals surface area contributed by atoms with Crippen LogP contribution in [-0.4, -0.2) is 0 Å². The van der Waals surface area contributed by atoms with Crippen LogP contribution in [0.15, 0.2) is 24.3 Å². The maximum absolute atomic E-state index is 14.1. The van der Waals surface area contributed by atoms with Crippen molar-refractivity contribution in [2.24, 2.45) is 5.41 Å². The molecule has 15 heavy (non-hydrogen) atoms. The standard InChI is InChI=1S/C13H16F2/c1-9-8-12(2,3)13(14,15)11-7-5-4-6-10(9)11/h4-7,9H,8H2,1-3H3. The minimum absolute atomic E-state index is 0.216. The van der Waals surface area contributed by atoms with Crippen LogP contribution >= 0.6 is 0 Å². The molecule has 82 valence electrons. The monoisotopic (exact) mass is 210 g/mol. The summed E-state index contributed by atoms with van der Waals surface area (Å²) in [6, 6.07) is 6.92. The summed E-state index contributed by atoms with van der Waals surface area (Å²) in [5.41, 5.74) is 0.0800. The van der Waals surface area contributed by atoms with Gasteiger partial charge in [0.2, 0.25) is 0 Å². The van der Waals surface area contributed by atoms with E-state index < -0.39 is 11.3 Å². The topological polar surface area (TPSA) is 0 Å². The van der Waals surface area contributed by atoms with Gasteiger partial charge in [0.25, 0.3) is 5.92 Å². The van der Waals surface area contributed by atoms with Crippen LogP contribution in [0.3, 0.4) is 0 Å². The molecule has 0 N–H and O–H groups in total. The van der Waals surface area contributed by atoms with E-state index in [9.17, 15) is 8.78 Å². The van der Waals surface area contributed by atoms with E-state index in [0.29, 0.717) is 6.42 Å². The molecule has 2 rings (SSSR count). The summed E-state index contributed by atoms with van der Waals surface area (Å²) in [6.45, 7) is 5.33. The van der Waals surface area contributed by atoms with Gasteiger partial charge in [-0.3, -0.25) is 0 Å². The molecular formula is C13H16F2. The van der Waals surface area contributed by atoms with Gasteiger partial charge in [0.15, 0.2) is 0 Å². The quantitative estimate of drug-likeness (QED) is 0.598. The van der Waals surface area contributed by atoms with Gasteiger partial charge in [-0.2, -0.15) is 0 Å². The largest absolute Gasteiger partial charge is 0.278 e. The van der Waals surface area contributed by atoms with Crippen LogP contribution in [-0.2, 0) is 5.92 Å². The number of alkyl halides is 2. The summed E-state index contributed by atoms with van der Waals surface area (Å²) < 4.78 is 28.3. The van der Waals surface area contributed by atoms with Crippen LogP contribution in [0.4, 0.5) is 8.78 Å². The normalized spacial score (nSPS) is 27.1. The second kappa shape index (κ2) is 3.03. The summed E-state index contributed by atoms with van der Waals surface area (Å²) in [5, 5.41) is 0. The third-order valence-electron chi connectivity index (χ3n) is 3.50. The van der Waals surface area contributed by atoms with Gasteiger partial charge in [0.05, 0.1) is 0 Å². The summed E-state index contributed by atoms with van der Waals surface area (Å²) >= 11 is 0. The lowest BCUT2D eigenvalue weighted by Crippen LogP contribution is -2.39. The van der Waals surface area contributed by atoms with Gasteiger partial charge in [-0.05, 0) is 17.9 Å².